The molecule has 3 atom stereocenters. The number of aliphatic hydroxyl groups is 1. The molecular formula is C26H31N3O3. The summed E-state index contributed by atoms with van der Waals surface area (Å²) in [5.74, 6) is 0. The third-order valence-electron chi connectivity index (χ3n) is 5.79. The fourth-order valence-corrected chi connectivity index (χ4v) is 4.03. The molecule has 1 unspecified atom stereocenters. The molecule has 0 amide bonds. The first-order valence-corrected chi connectivity index (χ1v) is 11.0. The highest BCUT2D eigenvalue weighted by molar-refractivity contribution is 5.41. The van der Waals surface area contributed by atoms with Gasteiger partial charge in [0.2, 0.25) is 0 Å². The zero-order chi connectivity index (χ0) is 22.3. The van der Waals surface area contributed by atoms with Crippen molar-refractivity contribution in [2.24, 2.45) is 0 Å². The monoisotopic (exact) mass is 433 g/mol. The number of anilines is 1. The molecule has 1 aliphatic rings. The minimum Gasteiger partial charge on any atom is -0.399 e. The lowest BCUT2D eigenvalue weighted by Crippen LogP contribution is -2.38. The minimum atomic E-state index is -0.482. The average molecular weight is 434 g/mol. The van der Waals surface area contributed by atoms with E-state index >= 15 is 0 Å². The number of rotatable bonds is 8. The van der Waals surface area contributed by atoms with Crippen LogP contribution >= 0.6 is 0 Å². The van der Waals surface area contributed by atoms with Crippen LogP contribution in [0.5, 0.6) is 0 Å². The molecule has 0 saturated carbocycles. The summed E-state index contributed by atoms with van der Waals surface area (Å²) in [7, 11) is 2.11. The highest BCUT2D eigenvalue weighted by Gasteiger charge is 2.32. The van der Waals surface area contributed by atoms with Gasteiger partial charge in [-0.3, -0.25) is 4.98 Å². The van der Waals surface area contributed by atoms with Crippen LogP contribution in [0.15, 0.2) is 72.9 Å². The first kappa shape index (κ1) is 22.4. The number of aliphatic hydroxyl groups excluding tert-OH is 1. The average Bonchev–Trinajstić information content (AvgIpc) is 2.83. The van der Waals surface area contributed by atoms with Gasteiger partial charge in [-0.05, 0) is 42.4 Å². The lowest BCUT2D eigenvalue weighted by molar-refractivity contribution is -0.252. The van der Waals surface area contributed by atoms with Crippen molar-refractivity contribution < 1.29 is 14.6 Å². The maximum Gasteiger partial charge on any atom is 0.185 e. The van der Waals surface area contributed by atoms with Crippen molar-refractivity contribution in [2.75, 3.05) is 25.9 Å². The van der Waals surface area contributed by atoms with Gasteiger partial charge in [-0.15, -0.1) is 0 Å². The van der Waals surface area contributed by atoms with Gasteiger partial charge < -0.3 is 25.2 Å². The molecule has 168 valence electrons. The van der Waals surface area contributed by atoms with Gasteiger partial charge in [0.1, 0.15) is 0 Å². The largest absolute Gasteiger partial charge is 0.399 e. The lowest BCUT2D eigenvalue weighted by atomic mass is 9.99. The highest BCUT2D eigenvalue weighted by atomic mass is 16.7. The number of hydrogen-bond acceptors (Lipinski definition) is 6. The van der Waals surface area contributed by atoms with Gasteiger partial charge >= 0.3 is 0 Å². The Balaban J connectivity index is 1.47. The van der Waals surface area contributed by atoms with Crippen LogP contribution in [0.2, 0.25) is 0 Å². The molecule has 3 N–H and O–H groups in total. The molecule has 0 spiro atoms. The number of aromatic nitrogens is 1. The number of hydrogen-bond donors (Lipinski definition) is 2. The Kier molecular flexibility index (Phi) is 7.50. The zero-order valence-corrected chi connectivity index (χ0v) is 18.4. The molecule has 2 aromatic carbocycles. The number of nitrogen functional groups attached to an aromatic ring is 1. The van der Waals surface area contributed by atoms with Gasteiger partial charge in [-0.25, -0.2) is 0 Å². The summed E-state index contributed by atoms with van der Waals surface area (Å²) < 4.78 is 12.7. The van der Waals surface area contributed by atoms with E-state index in [1.54, 1.807) is 0 Å². The fourth-order valence-electron chi connectivity index (χ4n) is 4.03. The standard InChI is InChI=1S/C26H31N3O3/c1-29(14-12-23-7-2-3-13-28-23)17-24-16-25(20-10-8-19(18-30)9-11-20)32-26(31-24)21-5-4-6-22(27)15-21/h2-11,13,15,24-26,30H,12,14,16-18,27H2,1H3/t24-,25+,26?/m0/s1. The Morgan fingerprint density at radius 3 is 2.59 bits per heavy atom. The molecule has 2 heterocycles. The van der Waals surface area contributed by atoms with E-state index in [0.29, 0.717) is 5.69 Å². The zero-order valence-electron chi connectivity index (χ0n) is 18.4. The molecule has 4 rings (SSSR count). The van der Waals surface area contributed by atoms with E-state index in [-0.39, 0.29) is 18.8 Å². The summed E-state index contributed by atoms with van der Waals surface area (Å²) in [5, 5.41) is 9.36. The maximum atomic E-state index is 9.36. The third-order valence-corrected chi connectivity index (χ3v) is 5.79. The smallest absolute Gasteiger partial charge is 0.185 e. The van der Waals surface area contributed by atoms with E-state index in [1.165, 1.54) is 0 Å². The van der Waals surface area contributed by atoms with Crippen LogP contribution in [-0.4, -0.2) is 41.2 Å². The quantitative estimate of drug-likeness (QED) is 0.525. The molecule has 32 heavy (non-hydrogen) atoms. The molecule has 6 heteroatoms. The highest BCUT2D eigenvalue weighted by Crippen LogP contribution is 2.38. The summed E-state index contributed by atoms with van der Waals surface area (Å²) in [6.45, 7) is 1.72. The molecule has 6 nitrogen and oxygen atoms in total. The van der Waals surface area contributed by atoms with Crippen LogP contribution < -0.4 is 5.73 Å². The van der Waals surface area contributed by atoms with Crippen LogP contribution in [0, 0.1) is 0 Å². The first-order chi connectivity index (χ1) is 15.6. The van der Waals surface area contributed by atoms with Crippen molar-refractivity contribution in [3.63, 3.8) is 0 Å². The Bertz CT molecular complexity index is 981. The van der Waals surface area contributed by atoms with E-state index in [9.17, 15) is 5.11 Å². The molecular weight excluding hydrogens is 402 g/mol. The Morgan fingerprint density at radius 2 is 1.88 bits per heavy atom. The third kappa shape index (κ3) is 5.93. The van der Waals surface area contributed by atoms with Gasteiger partial charge in [-0.1, -0.05) is 42.5 Å². The molecule has 0 bridgehead atoms. The van der Waals surface area contributed by atoms with Gasteiger partial charge in [0.15, 0.2) is 6.29 Å². The Morgan fingerprint density at radius 1 is 1.03 bits per heavy atom. The van der Waals surface area contributed by atoms with Crippen molar-refractivity contribution in [3.8, 4) is 0 Å². The number of nitrogens with two attached hydrogens (primary N) is 1. The molecule has 0 aliphatic carbocycles. The molecule has 1 aromatic heterocycles. The minimum absolute atomic E-state index is 0.00596. The second kappa shape index (κ2) is 10.7. The number of ether oxygens (including phenoxy) is 2. The summed E-state index contributed by atoms with van der Waals surface area (Å²) in [5.41, 5.74) is 10.7. The van der Waals surface area contributed by atoms with E-state index in [1.807, 2.05) is 66.9 Å². The van der Waals surface area contributed by atoms with Crippen LogP contribution in [0.3, 0.4) is 0 Å². The molecule has 1 aliphatic heterocycles. The van der Waals surface area contributed by atoms with Crippen LogP contribution in [0.25, 0.3) is 0 Å². The van der Waals surface area contributed by atoms with Crippen molar-refractivity contribution in [1.29, 1.82) is 0 Å². The molecule has 1 fully saturated rings. The van der Waals surface area contributed by atoms with Gasteiger partial charge in [0, 0.05) is 49.1 Å². The van der Waals surface area contributed by atoms with Crippen LogP contribution in [0.1, 0.15) is 41.2 Å². The van der Waals surface area contributed by atoms with E-state index < -0.39 is 6.29 Å². The topological polar surface area (TPSA) is 80.8 Å². The van der Waals surface area contributed by atoms with Gasteiger partial charge in [0.25, 0.3) is 0 Å². The molecule has 1 saturated heterocycles. The number of likely N-dealkylation sites (N-methyl/N-ethyl adjacent to an activating group) is 1. The first-order valence-electron chi connectivity index (χ1n) is 11.0. The van der Waals surface area contributed by atoms with E-state index in [2.05, 4.69) is 23.0 Å². The second-order valence-electron chi connectivity index (χ2n) is 8.35. The number of pyridine rings is 1. The van der Waals surface area contributed by atoms with E-state index in [0.717, 1.165) is 48.3 Å². The molecule has 3 aromatic rings. The normalized spacial score (nSPS) is 21.0. The van der Waals surface area contributed by atoms with Crippen LogP contribution in [0.4, 0.5) is 5.69 Å². The summed E-state index contributed by atoms with van der Waals surface area (Å²) >= 11 is 0. The number of nitrogens with zero attached hydrogens (tertiary/aromatic N) is 2. The SMILES string of the molecule is CN(CCc1ccccn1)C[C@@H]1C[C@H](c2ccc(CO)cc2)OC(c2cccc(N)c2)O1. The predicted octanol–water partition coefficient (Wildman–Crippen LogP) is 3.88. The summed E-state index contributed by atoms with van der Waals surface area (Å²) in [6.07, 6.45) is 2.91. The number of benzene rings is 2. The predicted molar refractivity (Wildman–Crippen MR) is 125 cm³/mol. The second-order valence-corrected chi connectivity index (χ2v) is 8.35. The summed E-state index contributed by atoms with van der Waals surface area (Å²) in [4.78, 5) is 6.70. The van der Waals surface area contributed by atoms with E-state index in [4.69, 9.17) is 15.2 Å². The van der Waals surface area contributed by atoms with Crippen molar-refractivity contribution in [1.82, 2.24) is 9.88 Å². The maximum absolute atomic E-state index is 9.36. The fraction of sp³-hybridized carbons (Fsp3) is 0.346. The van der Waals surface area contributed by atoms with Crippen molar-refractivity contribution in [2.45, 2.75) is 37.9 Å². The van der Waals surface area contributed by atoms with Crippen LogP contribution in [-0.2, 0) is 22.5 Å². The molecule has 0 radical (unpaired) electrons. The van der Waals surface area contributed by atoms with Gasteiger partial charge in [-0.2, -0.15) is 0 Å². The lowest BCUT2D eigenvalue weighted by Gasteiger charge is -2.38. The Labute approximate surface area is 189 Å². The summed E-state index contributed by atoms with van der Waals surface area (Å²) in [6, 6.07) is 21.6. The van der Waals surface area contributed by atoms with Gasteiger partial charge in [0.05, 0.1) is 18.8 Å². The Hall–Kier alpha value is -2.77. The van der Waals surface area contributed by atoms with Crippen molar-refractivity contribution in [3.05, 3.63) is 95.3 Å². The van der Waals surface area contributed by atoms with Crippen molar-refractivity contribution >= 4 is 5.69 Å².